The Hall–Kier alpha value is -2.88. The molecule has 0 aliphatic carbocycles. The Labute approximate surface area is 129 Å². The first-order chi connectivity index (χ1) is 10.6. The van der Waals surface area contributed by atoms with E-state index >= 15 is 0 Å². The summed E-state index contributed by atoms with van der Waals surface area (Å²) in [5.41, 5.74) is 2.14. The minimum Gasteiger partial charge on any atom is -0.479 e. The molecule has 0 aliphatic heterocycles. The van der Waals surface area contributed by atoms with Crippen LogP contribution in [0.15, 0.2) is 66.7 Å². The van der Waals surface area contributed by atoms with Crippen molar-refractivity contribution in [2.75, 3.05) is 0 Å². The van der Waals surface area contributed by atoms with E-state index in [1.807, 2.05) is 37.3 Å². The molecule has 0 aliphatic rings. The van der Waals surface area contributed by atoms with E-state index in [2.05, 4.69) is 5.32 Å². The molecule has 4 heteroatoms. The Morgan fingerprint density at radius 1 is 0.955 bits per heavy atom. The zero-order chi connectivity index (χ0) is 15.9. The topological polar surface area (TPSA) is 66.4 Å². The van der Waals surface area contributed by atoms with Crippen molar-refractivity contribution in [3.05, 3.63) is 77.9 Å². The molecule has 0 radical (unpaired) electrons. The Balaban J connectivity index is 2.17. The number of hydrogen-bond acceptors (Lipinski definition) is 2. The third-order valence-electron chi connectivity index (χ3n) is 3.23. The molecule has 1 atom stereocenters. The largest absolute Gasteiger partial charge is 0.479 e. The van der Waals surface area contributed by atoms with E-state index in [0.29, 0.717) is 5.56 Å². The highest BCUT2D eigenvalue weighted by Crippen LogP contribution is 2.14. The molecular weight excluding hydrogens is 278 g/mol. The molecule has 0 spiro atoms. The number of carbonyl (C=O) groups excluding carboxylic acids is 1. The third kappa shape index (κ3) is 4.06. The van der Waals surface area contributed by atoms with Crippen LogP contribution in [-0.2, 0) is 4.79 Å². The number of benzene rings is 2. The lowest BCUT2D eigenvalue weighted by Gasteiger charge is -2.12. The van der Waals surface area contributed by atoms with E-state index in [4.69, 9.17) is 0 Å². The lowest BCUT2D eigenvalue weighted by molar-refractivity contribution is -0.137. The normalized spacial score (nSPS) is 12.5. The molecule has 0 bridgehead atoms. The molecular formula is C18H17NO3. The number of hydrogen-bond donors (Lipinski definition) is 2. The molecule has 0 heterocycles. The van der Waals surface area contributed by atoms with Gasteiger partial charge in [-0.3, -0.25) is 4.79 Å². The Morgan fingerprint density at radius 3 is 1.95 bits per heavy atom. The second kappa shape index (κ2) is 7.22. The van der Waals surface area contributed by atoms with E-state index < -0.39 is 17.9 Å². The monoisotopic (exact) mass is 295 g/mol. The van der Waals surface area contributed by atoms with Gasteiger partial charge in [-0.05, 0) is 36.3 Å². The average molecular weight is 295 g/mol. The van der Waals surface area contributed by atoms with Crippen molar-refractivity contribution < 1.29 is 14.7 Å². The van der Waals surface area contributed by atoms with E-state index in [1.54, 1.807) is 36.4 Å². The van der Waals surface area contributed by atoms with Crippen LogP contribution in [0.4, 0.5) is 0 Å². The summed E-state index contributed by atoms with van der Waals surface area (Å²) in [6, 6.07) is 16.9. The van der Waals surface area contributed by atoms with Gasteiger partial charge in [-0.1, -0.05) is 48.5 Å². The molecule has 2 aromatic carbocycles. The van der Waals surface area contributed by atoms with E-state index in [9.17, 15) is 14.7 Å². The number of carboxylic acid groups (broad SMARTS) is 1. The van der Waals surface area contributed by atoms with Crippen LogP contribution < -0.4 is 5.32 Å². The maximum absolute atomic E-state index is 12.1. The maximum atomic E-state index is 12.1. The van der Waals surface area contributed by atoms with Crippen LogP contribution in [0.3, 0.4) is 0 Å². The van der Waals surface area contributed by atoms with Crippen LogP contribution in [0.25, 0.3) is 5.57 Å². The first kappa shape index (κ1) is 15.5. The molecule has 2 N–H and O–H groups in total. The van der Waals surface area contributed by atoms with Crippen LogP contribution in [0, 0.1) is 0 Å². The number of carbonyl (C=O) groups is 2. The van der Waals surface area contributed by atoms with Gasteiger partial charge in [-0.15, -0.1) is 0 Å². The number of aliphatic carboxylic acids is 1. The molecule has 4 nitrogen and oxygen atoms in total. The Morgan fingerprint density at radius 2 is 1.45 bits per heavy atom. The van der Waals surface area contributed by atoms with Crippen molar-refractivity contribution in [3.63, 3.8) is 0 Å². The average Bonchev–Trinajstić information content (AvgIpc) is 2.55. The Kier molecular flexibility index (Phi) is 5.09. The summed E-state index contributed by atoms with van der Waals surface area (Å²) in [5, 5.41) is 11.8. The van der Waals surface area contributed by atoms with Gasteiger partial charge in [0.25, 0.3) is 5.91 Å². The van der Waals surface area contributed by atoms with Crippen molar-refractivity contribution in [2.45, 2.75) is 13.0 Å². The summed E-state index contributed by atoms with van der Waals surface area (Å²) in [6.07, 6.45) is 1.54. The zero-order valence-electron chi connectivity index (χ0n) is 12.2. The molecule has 1 amide bonds. The van der Waals surface area contributed by atoms with Gasteiger partial charge in [-0.25, -0.2) is 4.79 Å². The smallest absolute Gasteiger partial charge is 0.330 e. The minimum absolute atomic E-state index is 0.412. The third-order valence-corrected chi connectivity index (χ3v) is 3.23. The van der Waals surface area contributed by atoms with E-state index in [0.717, 1.165) is 11.1 Å². The maximum Gasteiger partial charge on any atom is 0.330 e. The number of rotatable bonds is 5. The molecule has 2 aromatic rings. The number of carboxylic acids is 1. The van der Waals surface area contributed by atoms with Crippen LogP contribution >= 0.6 is 0 Å². The van der Waals surface area contributed by atoms with Gasteiger partial charge in [0.15, 0.2) is 0 Å². The first-order valence-electron chi connectivity index (χ1n) is 6.90. The molecule has 22 heavy (non-hydrogen) atoms. The van der Waals surface area contributed by atoms with Crippen molar-refractivity contribution in [1.29, 1.82) is 0 Å². The van der Waals surface area contributed by atoms with Crippen molar-refractivity contribution in [2.24, 2.45) is 0 Å². The van der Waals surface area contributed by atoms with Gasteiger partial charge in [-0.2, -0.15) is 0 Å². The van der Waals surface area contributed by atoms with Crippen molar-refractivity contribution in [3.8, 4) is 0 Å². The fourth-order valence-electron chi connectivity index (χ4n) is 2.04. The van der Waals surface area contributed by atoms with E-state index in [-0.39, 0.29) is 0 Å². The molecule has 2 rings (SSSR count). The standard InChI is InChI=1S/C18H17NO3/c1-13(14-8-4-2-5-9-14)12-16(18(21)22)19-17(20)15-10-6-3-7-11-15/h2-12,16H,1H3,(H,19,20)(H,21,22)/b13-12+. The van der Waals surface area contributed by atoms with Gasteiger partial charge in [0, 0.05) is 5.56 Å². The predicted molar refractivity (Wildman–Crippen MR) is 85.4 cm³/mol. The highest BCUT2D eigenvalue weighted by molar-refractivity contribution is 5.97. The molecule has 0 fully saturated rings. The lowest BCUT2D eigenvalue weighted by Crippen LogP contribution is -2.39. The lowest BCUT2D eigenvalue weighted by atomic mass is 10.0. The predicted octanol–water partition coefficient (Wildman–Crippen LogP) is 2.97. The van der Waals surface area contributed by atoms with E-state index in [1.165, 1.54) is 0 Å². The molecule has 1 unspecified atom stereocenters. The summed E-state index contributed by atoms with van der Waals surface area (Å²) >= 11 is 0. The summed E-state index contributed by atoms with van der Waals surface area (Å²) in [5.74, 6) is -1.51. The SMILES string of the molecule is C/C(=C\C(NC(=O)c1ccccc1)C(=O)O)c1ccccc1. The number of amides is 1. The highest BCUT2D eigenvalue weighted by atomic mass is 16.4. The quantitative estimate of drug-likeness (QED) is 0.891. The number of allylic oxidation sites excluding steroid dienone is 1. The van der Waals surface area contributed by atoms with Crippen molar-refractivity contribution >= 4 is 17.4 Å². The van der Waals surface area contributed by atoms with Crippen LogP contribution in [0.2, 0.25) is 0 Å². The summed E-state index contributed by atoms with van der Waals surface area (Å²) in [4.78, 5) is 23.4. The molecule has 112 valence electrons. The fraction of sp³-hybridized carbons (Fsp3) is 0.111. The Bertz CT molecular complexity index is 678. The van der Waals surface area contributed by atoms with Gasteiger partial charge in [0.1, 0.15) is 6.04 Å². The summed E-state index contributed by atoms with van der Waals surface area (Å²) < 4.78 is 0. The van der Waals surface area contributed by atoms with Crippen LogP contribution in [0.1, 0.15) is 22.8 Å². The van der Waals surface area contributed by atoms with Gasteiger partial charge in [0.2, 0.25) is 0 Å². The van der Waals surface area contributed by atoms with Crippen molar-refractivity contribution in [1.82, 2.24) is 5.32 Å². The van der Waals surface area contributed by atoms with Gasteiger partial charge < -0.3 is 10.4 Å². The summed E-state index contributed by atoms with van der Waals surface area (Å²) in [7, 11) is 0. The minimum atomic E-state index is -1.10. The zero-order valence-corrected chi connectivity index (χ0v) is 12.2. The number of nitrogens with one attached hydrogen (secondary N) is 1. The molecule has 0 aromatic heterocycles. The molecule has 0 saturated heterocycles. The highest BCUT2D eigenvalue weighted by Gasteiger charge is 2.18. The first-order valence-corrected chi connectivity index (χ1v) is 6.90. The van der Waals surface area contributed by atoms with Gasteiger partial charge in [0.05, 0.1) is 0 Å². The van der Waals surface area contributed by atoms with Crippen LogP contribution in [-0.4, -0.2) is 23.0 Å². The van der Waals surface area contributed by atoms with Crippen LogP contribution in [0.5, 0.6) is 0 Å². The summed E-state index contributed by atoms with van der Waals surface area (Å²) in [6.45, 7) is 1.82. The second-order valence-corrected chi connectivity index (χ2v) is 4.87. The molecule has 0 saturated carbocycles. The second-order valence-electron chi connectivity index (χ2n) is 4.87. The fourth-order valence-corrected chi connectivity index (χ4v) is 2.04. The van der Waals surface area contributed by atoms with Gasteiger partial charge >= 0.3 is 5.97 Å².